The van der Waals surface area contributed by atoms with E-state index >= 15 is 0 Å². The average Bonchev–Trinajstić information content (AvgIpc) is 2.48. The summed E-state index contributed by atoms with van der Waals surface area (Å²) in [5.41, 5.74) is 1.13. The molecule has 1 heterocycles. The van der Waals surface area contributed by atoms with Gasteiger partial charge in [0.05, 0.1) is 25.2 Å². The van der Waals surface area contributed by atoms with Gasteiger partial charge in [0.1, 0.15) is 0 Å². The number of methoxy groups -OCH3 is 1. The van der Waals surface area contributed by atoms with Gasteiger partial charge in [0.25, 0.3) is 0 Å². The van der Waals surface area contributed by atoms with Gasteiger partial charge in [-0.3, -0.25) is 4.79 Å². The molecule has 0 saturated carbocycles. The van der Waals surface area contributed by atoms with Crippen molar-refractivity contribution in [3.63, 3.8) is 0 Å². The van der Waals surface area contributed by atoms with Gasteiger partial charge in [-0.05, 0) is 37.1 Å². The fourth-order valence-corrected chi connectivity index (χ4v) is 2.00. The first-order valence-corrected chi connectivity index (χ1v) is 6.27. The predicted octanol–water partition coefficient (Wildman–Crippen LogP) is 1.84. The van der Waals surface area contributed by atoms with Crippen LogP contribution < -0.4 is 5.32 Å². The molecule has 5 heteroatoms. The van der Waals surface area contributed by atoms with Gasteiger partial charge in [-0.2, -0.15) is 0 Å². The Balaban J connectivity index is 1.95. The molecule has 0 spiro atoms. The maximum Gasteiger partial charge on any atom is 0.337 e. The summed E-state index contributed by atoms with van der Waals surface area (Å²) in [7, 11) is 1.33. The third-order valence-electron chi connectivity index (χ3n) is 3.10. The van der Waals surface area contributed by atoms with Crippen molar-refractivity contribution in [1.82, 2.24) is 0 Å². The van der Waals surface area contributed by atoms with Crippen LogP contribution in [-0.4, -0.2) is 32.2 Å². The Morgan fingerprint density at radius 2 is 2.05 bits per heavy atom. The molecule has 19 heavy (non-hydrogen) atoms. The molecule has 1 aliphatic heterocycles. The lowest BCUT2D eigenvalue weighted by Gasteiger charge is -2.21. The zero-order chi connectivity index (χ0) is 13.7. The van der Waals surface area contributed by atoms with E-state index < -0.39 is 5.97 Å². The molecule has 102 valence electrons. The Hall–Kier alpha value is -1.88. The van der Waals surface area contributed by atoms with Crippen LogP contribution in [0.15, 0.2) is 24.3 Å². The fourth-order valence-electron chi connectivity index (χ4n) is 2.00. The molecule has 1 fully saturated rings. The van der Waals surface area contributed by atoms with Gasteiger partial charge in [-0.1, -0.05) is 0 Å². The minimum Gasteiger partial charge on any atom is -0.465 e. The normalized spacial score (nSPS) is 18.7. The number of rotatable bonds is 3. The highest BCUT2D eigenvalue weighted by atomic mass is 16.5. The topological polar surface area (TPSA) is 64.6 Å². The second-order valence-corrected chi connectivity index (χ2v) is 4.47. The van der Waals surface area contributed by atoms with E-state index in [1.807, 2.05) is 0 Å². The molecule has 1 aromatic carbocycles. The molecule has 1 unspecified atom stereocenters. The molecule has 1 amide bonds. The third-order valence-corrected chi connectivity index (χ3v) is 3.10. The summed E-state index contributed by atoms with van der Waals surface area (Å²) in [5, 5.41) is 2.82. The first-order chi connectivity index (χ1) is 9.20. The molecular formula is C14H17NO4. The van der Waals surface area contributed by atoms with Gasteiger partial charge in [-0.25, -0.2) is 4.79 Å². The quantitative estimate of drug-likeness (QED) is 0.845. The van der Waals surface area contributed by atoms with Crippen molar-refractivity contribution in [2.75, 3.05) is 25.6 Å². The molecule has 0 radical (unpaired) electrons. The highest BCUT2D eigenvalue weighted by Gasteiger charge is 2.21. The molecule has 1 saturated heterocycles. The van der Waals surface area contributed by atoms with Crippen LogP contribution in [0.5, 0.6) is 0 Å². The van der Waals surface area contributed by atoms with Crippen molar-refractivity contribution >= 4 is 17.6 Å². The zero-order valence-electron chi connectivity index (χ0n) is 10.8. The van der Waals surface area contributed by atoms with Crippen molar-refractivity contribution < 1.29 is 19.1 Å². The zero-order valence-corrected chi connectivity index (χ0v) is 10.8. The first kappa shape index (κ1) is 13.5. The van der Waals surface area contributed by atoms with Crippen molar-refractivity contribution in [2.24, 2.45) is 5.92 Å². The lowest BCUT2D eigenvalue weighted by molar-refractivity contribution is -0.123. The highest BCUT2D eigenvalue weighted by Crippen LogP contribution is 2.17. The number of benzene rings is 1. The van der Waals surface area contributed by atoms with Crippen LogP contribution in [0, 0.1) is 5.92 Å². The Bertz CT molecular complexity index is 449. The standard InChI is InChI=1S/C14H17NO4/c1-18-14(17)10-4-6-12(7-5-10)15-13(16)11-3-2-8-19-9-11/h4-7,11H,2-3,8-9H2,1H3,(H,15,16). The van der Waals surface area contributed by atoms with Crippen molar-refractivity contribution in [2.45, 2.75) is 12.8 Å². The van der Waals surface area contributed by atoms with Gasteiger partial charge in [0.2, 0.25) is 5.91 Å². The van der Waals surface area contributed by atoms with E-state index in [4.69, 9.17) is 4.74 Å². The fraction of sp³-hybridized carbons (Fsp3) is 0.429. The van der Waals surface area contributed by atoms with Crippen molar-refractivity contribution in [3.8, 4) is 0 Å². The Labute approximate surface area is 111 Å². The Kier molecular flexibility index (Phi) is 4.52. The second-order valence-electron chi connectivity index (χ2n) is 4.47. The van der Waals surface area contributed by atoms with Gasteiger partial charge in [0.15, 0.2) is 0 Å². The average molecular weight is 263 g/mol. The van der Waals surface area contributed by atoms with Crippen LogP contribution in [0.2, 0.25) is 0 Å². The smallest absolute Gasteiger partial charge is 0.337 e. The van der Waals surface area contributed by atoms with Gasteiger partial charge in [0, 0.05) is 12.3 Å². The SMILES string of the molecule is COC(=O)c1ccc(NC(=O)C2CCCOC2)cc1. The molecular weight excluding hydrogens is 246 g/mol. The van der Waals surface area contributed by atoms with Gasteiger partial charge in [-0.15, -0.1) is 0 Å². The van der Waals surface area contributed by atoms with Crippen LogP contribution in [-0.2, 0) is 14.3 Å². The number of anilines is 1. The van der Waals surface area contributed by atoms with E-state index in [-0.39, 0.29) is 11.8 Å². The second kappa shape index (κ2) is 6.33. The van der Waals surface area contributed by atoms with E-state index in [1.54, 1.807) is 24.3 Å². The first-order valence-electron chi connectivity index (χ1n) is 6.27. The number of amides is 1. The third kappa shape index (κ3) is 3.54. The molecule has 2 rings (SSSR count). The maximum atomic E-state index is 12.0. The molecule has 1 N–H and O–H groups in total. The molecule has 0 aromatic heterocycles. The Morgan fingerprint density at radius 1 is 1.32 bits per heavy atom. The summed E-state index contributed by atoms with van der Waals surface area (Å²) in [4.78, 5) is 23.2. The minimum absolute atomic E-state index is 0.0366. The molecule has 1 aromatic rings. The highest BCUT2D eigenvalue weighted by molar-refractivity contribution is 5.94. The summed E-state index contributed by atoms with van der Waals surface area (Å²) in [6.07, 6.45) is 1.77. The van der Waals surface area contributed by atoms with Gasteiger partial charge >= 0.3 is 5.97 Å². The van der Waals surface area contributed by atoms with Crippen LogP contribution in [0.25, 0.3) is 0 Å². The number of hydrogen-bond acceptors (Lipinski definition) is 4. The van der Waals surface area contributed by atoms with E-state index in [0.29, 0.717) is 17.9 Å². The van der Waals surface area contributed by atoms with Crippen LogP contribution in [0.3, 0.4) is 0 Å². The Morgan fingerprint density at radius 3 is 2.63 bits per heavy atom. The summed E-state index contributed by atoms with van der Waals surface area (Å²) in [6.45, 7) is 1.21. The number of ether oxygens (including phenoxy) is 2. The predicted molar refractivity (Wildman–Crippen MR) is 70.0 cm³/mol. The lowest BCUT2D eigenvalue weighted by Crippen LogP contribution is -2.30. The van der Waals surface area contributed by atoms with Crippen LogP contribution in [0.1, 0.15) is 23.2 Å². The molecule has 0 bridgehead atoms. The molecule has 1 aliphatic rings. The summed E-state index contributed by atoms with van der Waals surface area (Å²) in [5.74, 6) is -0.516. The molecule has 1 atom stereocenters. The minimum atomic E-state index is -0.390. The van der Waals surface area contributed by atoms with E-state index in [0.717, 1.165) is 19.4 Å². The van der Waals surface area contributed by atoms with Crippen LogP contribution in [0.4, 0.5) is 5.69 Å². The van der Waals surface area contributed by atoms with E-state index in [2.05, 4.69) is 10.1 Å². The maximum absolute atomic E-state index is 12.0. The van der Waals surface area contributed by atoms with Gasteiger partial charge < -0.3 is 14.8 Å². The summed E-state index contributed by atoms with van der Waals surface area (Å²) in [6, 6.07) is 6.62. The van der Waals surface area contributed by atoms with E-state index in [1.165, 1.54) is 7.11 Å². The van der Waals surface area contributed by atoms with Crippen molar-refractivity contribution in [3.05, 3.63) is 29.8 Å². The number of hydrogen-bond donors (Lipinski definition) is 1. The molecule has 5 nitrogen and oxygen atoms in total. The number of esters is 1. The lowest BCUT2D eigenvalue weighted by atomic mass is 10.0. The number of nitrogens with one attached hydrogen (secondary N) is 1. The number of carbonyl (C=O) groups excluding carboxylic acids is 2. The molecule has 0 aliphatic carbocycles. The summed E-state index contributed by atoms with van der Waals surface area (Å²) >= 11 is 0. The number of carbonyl (C=O) groups is 2. The largest absolute Gasteiger partial charge is 0.465 e. The summed E-state index contributed by atoms with van der Waals surface area (Å²) < 4.78 is 9.89. The monoisotopic (exact) mass is 263 g/mol. The van der Waals surface area contributed by atoms with E-state index in [9.17, 15) is 9.59 Å². The van der Waals surface area contributed by atoms with Crippen LogP contribution >= 0.6 is 0 Å². The van der Waals surface area contributed by atoms with Crippen molar-refractivity contribution in [1.29, 1.82) is 0 Å².